The molecule has 3 rings (SSSR count). The van der Waals surface area contributed by atoms with E-state index in [0.717, 1.165) is 31.0 Å². The maximum atomic E-state index is 6.43. The summed E-state index contributed by atoms with van der Waals surface area (Å²) in [7, 11) is 0. The zero-order valence-corrected chi connectivity index (χ0v) is 12.0. The van der Waals surface area contributed by atoms with Crippen molar-refractivity contribution in [1.82, 2.24) is 9.55 Å². The molecule has 2 atom stereocenters. The van der Waals surface area contributed by atoms with Gasteiger partial charge >= 0.3 is 0 Å². The number of hydrogen-bond donors (Lipinski definition) is 1. The second-order valence-electron chi connectivity index (χ2n) is 5.63. The van der Waals surface area contributed by atoms with E-state index in [9.17, 15) is 0 Å². The van der Waals surface area contributed by atoms with E-state index in [1.165, 1.54) is 11.1 Å². The third kappa shape index (κ3) is 2.37. The highest BCUT2D eigenvalue weighted by molar-refractivity contribution is 5.44. The van der Waals surface area contributed by atoms with Gasteiger partial charge in [-0.05, 0) is 37.5 Å². The minimum absolute atomic E-state index is 0.0279. The normalized spacial score (nSPS) is 20.2. The van der Waals surface area contributed by atoms with Gasteiger partial charge in [-0.25, -0.2) is 4.98 Å². The smallest absolute Gasteiger partial charge is 0.0994 e. The van der Waals surface area contributed by atoms with Crippen LogP contribution in [-0.4, -0.2) is 22.8 Å². The van der Waals surface area contributed by atoms with Crippen LogP contribution in [0.4, 0.5) is 0 Å². The molecule has 1 aromatic carbocycles. The van der Waals surface area contributed by atoms with Gasteiger partial charge < -0.3 is 15.0 Å². The Morgan fingerprint density at radius 2 is 2.25 bits per heavy atom. The number of benzene rings is 1. The lowest BCUT2D eigenvalue weighted by atomic mass is 9.97. The van der Waals surface area contributed by atoms with E-state index in [0.29, 0.717) is 5.92 Å². The molecule has 20 heavy (non-hydrogen) atoms. The molecule has 2 N–H and O–H groups in total. The molecule has 0 aliphatic carbocycles. The minimum Gasteiger partial charge on any atom is -0.381 e. The highest BCUT2D eigenvalue weighted by Gasteiger charge is 2.26. The predicted molar refractivity (Wildman–Crippen MR) is 78.9 cm³/mol. The topological polar surface area (TPSA) is 53.1 Å². The van der Waals surface area contributed by atoms with Crippen molar-refractivity contribution >= 4 is 0 Å². The predicted octanol–water partition coefficient (Wildman–Crippen LogP) is 2.53. The van der Waals surface area contributed by atoms with Gasteiger partial charge in [-0.2, -0.15) is 0 Å². The van der Waals surface area contributed by atoms with Gasteiger partial charge in [0.2, 0.25) is 0 Å². The SMILES string of the molecule is Cc1ccc(C)c(-n2cncc2C(N)C2CCOC2)c1. The molecule has 4 heteroatoms. The van der Waals surface area contributed by atoms with Crippen molar-refractivity contribution < 1.29 is 4.74 Å². The van der Waals surface area contributed by atoms with Gasteiger partial charge in [0.1, 0.15) is 0 Å². The number of ether oxygens (including phenoxy) is 1. The lowest BCUT2D eigenvalue weighted by Gasteiger charge is -2.20. The molecule has 2 unspecified atom stereocenters. The largest absolute Gasteiger partial charge is 0.381 e. The second kappa shape index (κ2) is 5.38. The van der Waals surface area contributed by atoms with Crippen LogP contribution < -0.4 is 5.73 Å². The zero-order chi connectivity index (χ0) is 14.1. The summed E-state index contributed by atoms with van der Waals surface area (Å²) in [5.41, 5.74) is 11.1. The Bertz CT molecular complexity index is 600. The molecule has 0 bridgehead atoms. The van der Waals surface area contributed by atoms with Crippen molar-refractivity contribution in [3.05, 3.63) is 47.5 Å². The summed E-state index contributed by atoms with van der Waals surface area (Å²) in [6.45, 7) is 5.78. The van der Waals surface area contributed by atoms with E-state index in [4.69, 9.17) is 10.5 Å². The van der Waals surface area contributed by atoms with Gasteiger partial charge in [-0.1, -0.05) is 12.1 Å². The molecule has 0 radical (unpaired) electrons. The number of rotatable bonds is 3. The van der Waals surface area contributed by atoms with Crippen molar-refractivity contribution in [3.8, 4) is 5.69 Å². The summed E-state index contributed by atoms with van der Waals surface area (Å²) in [5, 5.41) is 0. The van der Waals surface area contributed by atoms with Crippen LogP contribution >= 0.6 is 0 Å². The van der Waals surface area contributed by atoms with Gasteiger partial charge in [0.05, 0.1) is 30.9 Å². The van der Waals surface area contributed by atoms with Crippen molar-refractivity contribution in [2.75, 3.05) is 13.2 Å². The van der Waals surface area contributed by atoms with Crippen molar-refractivity contribution in [2.45, 2.75) is 26.3 Å². The molecule has 1 fully saturated rings. The molecule has 0 amide bonds. The Kier molecular flexibility index (Phi) is 3.59. The van der Waals surface area contributed by atoms with Crippen LogP contribution in [0.2, 0.25) is 0 Å². The van der Waals surface area contributed by atoms with Gasteiger partial charge in [-0.15, -0.1) is 0 Å². The van der Waals surface area contributed by atoms with Gasteiger partial charge in [0, 0.05) is 18.2 Å². The van der Waals surface area contributed by atoms with Crippen LogP contribution in [-0.2, 0) is 4.74 Å². The van der Waals surface area contributed by atoms with Crippen molar-refractivity contribution in [3.63, 3.8) is 0 Å². The fourth-order valence-electron chi connectivity index (χ4n) is 2.81. The van der Waals surface area contributed by atoms with Crippen LogP contribution in [0, 0.1) is 19.8 Å². The highest BCUT2D eigenvalue weighted by Crippen LogP contribution is 2.29. The lowest BCUT2D eigenvalue weighted by molar-refractivity contribution is 0.180. The van der Waals surface area contributed by atoms with E-state index in [1.54, 1.807) is 0 Å². The van der Waals surface area contributed by atoms with E-state index in [1.807, 2.05) is 12.5 Å². The Hall–Kier alpha value is -1.65. The summed E-state index contributed by atoms with van der Waals surface area (Å²) >= 11 is 0. The lowest BCUT2D eigenvalue weighted by Crippen LogP contribution is -2.24. The molecule has 2 heterocycles. The monoisotopic (exact) mass is 271 g/mol. The van der Waals surface area contributed by atoms with Crippen LogP contribution in [0.25, 0.3) is 5.69 Å². The van der Waals surface area contributed by atoms with E-state index in [2.05, 4.69) is 41.6 Å². The maximum absolute atomic E-state index is 6.43. The van der Waals surface area contributed by atoms with Gasteiger partial charge in [-0.3, -0.25) is 0 Å². The van der Waals surface area contributed by atoms with Gasteiger partial charge in [0.25, 0.3) is 0 Å². The molecule has 2 aromatic rings. The number of nitrogens with zero attached hydrogens (tertiary/aromatic N) is 2. The average Bonchev–Trinajstić information content (AvgIpc) is 3.11. The Labute approximate surface area is 119 Å². The van der Waals surface area contributed by atoms with Crippen molar-refractivity contribution in [2.24, 2.45) is 11.7 Å². The zero-order valence-electron chi connectivity index (χ0n) is 12.0. The Morgan fingerprint density at radius 3 is 3.00 bits per heavy atom. The molecule has 1 aromatic heterocycles. The first kappa shape index (κ1) is 13.3. The summed E-state index contributed by atoms with van der Waals surface area (Å²) < 4.78 is 7.57. The first-order valence-corrected chi connectivity index (χ1v) is 7.10. The third-order valence-corrected chi connectivity index (χ3v) is 4.11. The first-order valence-electron chi connectivity index (χ1n) is 7.10. The number of aryl methyl sites for hydroxylation is 2. The van der Waals surface area contributed by atoms with E-state index < -0.39 is 0 Å². The fourth-order valence-corrected chi connectivity index (χ4v) is 2.81. The third-order valence-electron chi connectivity index (χ3n) is 4.11. The summed E-state index contributed by atoms with van der Waals surface area (Å²) in [6, 6.07) is 6.41. The molecule has 0 saturated carbocycles. The van der Waals surface area contributed by atoms with Crippen molar-refractivity contribution in [1.29, 1.82) is 0 Å². The fraction of sp³-hybridized carbons (Fsp3) is 0.438. The molecule has 1 aliphatic rings. The number of imidazole rings is 1. The summed E-state index contributed by atoms with van der Waals surface area (Å²) in [5.74, 6) is 0.385. The molecule has 1 saturated heterocycles. The van der Waals surface area contributed by atoms with E-state index in [-0.39, 0.29) is 6.04 Å². The number of hydrogen-bond acceptors (Lipinski definition) is 3. The molecule has 4 nitrogen and oxygen atoms in total. The van der Waals surface area contributed by atoms with Crippen LogP contribution in [0.5, 0.6) is 0 Å². The Morgan fingerprint density at radius 1 is 1.40 bits per heavy atom. The van der Waals surface area contributed by atoms with Crippen LogP contribution in [0.15, 0.2) is 30.7 Å². The average molecular weight is 271 g/mol. The summed E-state index contributed by atoms with van der Waals surface area (Å²) in [4.78, 5) is 4.30. The maximum Gasteiger partial charge on any atom is 0.0994 e. The van der Waals surface area contributed by atoms with Crippen LogP contribution in [0.3, 0.4) is 0 Å². The summed E-state index contributed by atoms with van der Waals surface area (Å²) in [6.07, 6.45) is 4.76. The second-order valence-corrected chi connectivity index (χ2v) is 5.63. The minimum atomic E-state index is -0.0279. The quantitative estimate of drug-likeness (QED) is 0.933. The molecule has 1 aliphatic heterocycles. The molecular formula is C16H21N3O. The standard InChI is InChI=1S/C16H21N3O/c1-11-3-4-12(2)14(7-11)19-10-18-8-15(19)16(17)13-5-6-20-9-13/h3-4,7-8,10,13,16H,5-6,9,17H2,1-2H3. The van der Waals surface area contributed by atoms with Crippen LogP contribution in [0.1, 0.15) is 29.3 Å². The first-order chi connectivity index (χ1) is 9.66. The molecular weight excluding hydrogens is 250 g/mol. The highest BCUT2D eigenvalue weighted by atomic mass is 16.5. The Balaban J connectivity index is 1.99. The van der Waals surface area contributed by atoms with Gasteiger partial charge in [0.15, 0.2) is 0 Å². The number of aromatic nitrogens is 2. The number of nitrogens with two attached hydrogens (primary N) is 1. The molecule has 0 spiro atoms. The molecule has 106 valence electrons. The van der Waals surface area contributed by atoms with E-state index >= 15 is 0 Å².